The summed E-state index contributed by atoms with van der Waals surface area (Å²) < 4.78 is 0. The van der Waals surface area contributed by atoms with Crippen LogP contribution in [-0.4, -0.2) is 37.1 Å². The Morgan fingerprint density at radius 2 is 2.00 bits per heavy atom. The van der Waals surface area contributed by atoms with Crippen molar-refractivity contribution in [3.63, 3.8) is 0 Å². The van der Waals surface area contributed by atoms with E-state index in [1.54, 1.807) is 0 Å². The van der Waals surface area contributed by atoms with E-state index in [0.29, 0.717) is 5.41 Å². The molecule has 0 amide bonds. The maximum Gasteiger partial charge on any atom is 0.0224 e. The summed E-state index contributed by atoms with van der Waals surface area (Å²) in [5.41, 5.74) is 0.497. The van der Waals surface area contributed by atoms with Crippen molar-refractivity contribution < 1.29 is 0 Å². The Balaban J connectivity index is 0.000000980. The zero-order chi connectivity index (χ0) is 9.47. The Hall–Kier alpha value is 0.270. The normalized spacial score (nSPS) is 33.6. The highest BCUT2D eigenvalue weighted by Gasteiger charge is 2.38. The molecule has 0 saturated carbocycles. The monoisotopic (exact) mass is 216 g/mol. The molecule has 14 heavy (non-hydrogen) atoms. The first-order valence-corrected chi connectivity index (χ1v) is 5.52. The molecule has 2 aliphatic heterocycles. The molecule has 1 N–H and O–H groups in total. The molecule has 0 spiro atoms. The third-order valence-electron chi connectivity index (χ3n) is 3.71. The van der Waals surface area contributed by atoms with Crippen LogP contribution in [0.1, 0.15) is 27.2 Å². The number of nitrogens with one attached hydrogen (secondary N) is 1. The first-order valence-electron chi connectivity index (χ1n) is 5.52. The Kier molecular flexibility index (Phi) is 3.89. The van der Waals surface area contributed by atoms with Gasteiger partial charge in [0, 0.05) is 32.2 Å². The first kappa shape index (κ1) is 12.3. The molecule has 0 aromatic heterocycles. The smallest absolute Gasteiger partial charge is 0.0224 e. The Labute approximate surface area is 94.9 Å². The van der Waals surface area contributed by atoms with Gasteiger partial charge >= 0.3 is 0 Å². The van der Waals surface area contributed by atoms with E-state index in [1.807, 2.05) is 0 Å². The fraction of sp³-hybridized carbons (Fsp3) is 1.00. The van der Waals surface area contributed by atoms with Crippen molar-refractivity contribution >= 4 is 13.5 Å². The van der Waals surface area contributed by atoms with Crippen molar-refractivity contribution in [3.8, 4) is 0 Å². The molecule has 3 heteroatoms. The largest absolute Gasteiger partial charge is 0.314 e. The van der Waals surface area contributed by atoms with Crippen LogP contribution in [0.4, 0.5) is 0 Å². The number of fused-ring (bicyclic) bond motifs is 1. The van der Waals surface area contributed by atoms with E-state index in [2.05, 4.69) is 31.0 Å². The molecule has 0 aromatic rings. The van der Waals surface area contributed by atoms with Crippen LogP contribution >= 0.6 is 13.5 Å². The Bertz CT molecular complexity index is 174. The van der Waals surface area contributed by atoms with Gasteiger partial charge in [-0.15, -0.1) is 0 Å². The summed E-state index contributed by atoms with van der Waals surface area (Å²) in [5, 5.41) is 3.49. The molecular formula is C11H24N2S. The van der Waals surface area contributed by atoms with Gasteiger partial charge in [0.2, 0.25) is 0 Å². The third kappa shape index (κ3) is 2.44. The summed E-state index contributed by atoms with van der Waals surface area (Å²) >= 11 is 0. The summed E-state index contributed by atoms with van der Waals surface area (Å²) in [6.07, 6.45) is 1.40. The highest BCUT2D eigenvalue weighted by molar-refractivity contribution is 7.59. The van der Waals surface area contributed by atoms with E-state index < -0.39 is 0 Å². The molecule has 2 rings (SSSR count). The Morgan fingerprint density at radius 1 is 1.29 bits per heavy atom. The highest BCUT2D eigenvalue weighted by Crippen LogP contribution is 2.36. The fourth-order valence-electron chi connectivity index (χ4n) is 2.59. The lowest BCUT2D eigenvalue weighted by atomic mass is 9.79. The minimum atomic E-state index is 0. The van der Waals surface area contributed by atoms with Crippen molar-refractivity contribution in [3.05, 3.63) is 0 Å². The lowest BCUT2D eigenvalue weighted by Crippen LogP contribution is -2.47. The topological polar surface area (TPSA) is 15.3 Å². The first-order chi connectivity index (χ1) is 6.07. The van der Waals surface area contributed by atoms with Gasteiger partial charge in [-0.05, 0) is 17.8 Å². The fourth-order valence-corrected chi connectivity index (χ4v) is 2.59. The van der Waals surface area contributed by atoms with Crippen LogP contribution in [0.2, 0.25) is 0 Å². The summed E-state index contributed by atoms with van der Waals surface area (Å²) in [5.74, 6) is 0.900. The van der Waals surface area contributed by atoms with E-state index in [1.165, 1.54) is 32.6 Å². The number of piperazine rings is 1. The van der Waals surface area contributed by atoms with E-state index in [-0.39, 0.29) is 13.5 Å². The molecule has 2 aliphatic rings. The van der Waals surface area contributed by atoms with E-state index in [0.717, 1.165) is 12.0 Å². The molecule has 84 valence electrons. The van der Waals surface area contributed by atoms with Crippen molar-refractivity contribution in [2.75, 3.05) is 26.2 Å². The standard InChI is InChI=1S/C11H22N2.H2S/c1-11(2,3)9-6-10-7-12-4-5-13(10)8-9;/h9-10,12H,4-8H2,1-3H3;1H2/t9?,10-;/m0./s1. The van der Waals surface area contributed by atoms with E-state index in [4.69, 9.17) is 0 Å². The molecule has 2 saturated heterocycles. The lowest BCUT2D eigenvalue weighted by molar-refractivity contribution is 0.197. The van der Waals surface area contributed by atoms with Crippen molar-refractivity contribution in [1.82, 2.24) is 10.2 Å². The second kappa shape index (κ2) is 4.42. The Morgan fingerprint density at radius 3 is 2.57 bits per heavy atom. The van der Waals surface area contributed by atoms with Crippen molar-refractivity contribution in [2.45, 2.75) is 33.2 Å². The quantitative estimate of drug-likeness (QED) is 0.659. The minimum Gasteiger partial charge on any atom is -0.314 e. The summed E-state index contributed by atoms with van der Waals surface area (Å²) in [4.78, 5) is 2.67. The zero-order valence-corrected chi connectivity index (χ0v) is 10.6. The van der Waals surface area contributed by atoms with Crippen LogP contribution < -0.4 is 5.32 Å². The van der Waals surface area contributed by atoms with Gasteiger partial charge in [-0.2, -0.15) is 13.5 Å². The molecule has 1 unspecified atom stereocenters. The summed E-state index contributed by atoms with van der Waals surface area (Å²) in [6.45, 7) is 12.1. The van der Waals surface area contributed by atoms with Gasteiger partial charge in [0.25, 0.3) is 0 Å². The molecule has 2 nitrogen and oxygen atoms in total. The number of nitrogens with zero attached hydrogens (tertiary/aromatic N) is 1. The van der Waals surface area contributed by atoms with Crippen LogP contribution in [0.25, 0.3) is 0 Å². The zero-order valence-electron chi connectivity index (χ0n) is 9.64. The highest BCUT2D eigenvalue weighted by atomic mass is 32.1. The van der Waals surface area contributed by atoms with E-state index in [9.17, 15) is 0 Å². The van der Waals surface area contributed by atoms with Crippen LogP contribution in [0, 0.1) is 11.3 Å². The van der Waals surface area contributed by atoms with Gasteiger partial charge < -0.3 is 5.32 Å². The van der Waals surface area contributed by atoms with Gasteiger partial charge in [-0.1, -0.05) is 20.8 Å². The molecule has 0 aromatic carbocycles. The molecule has 2 heterocycles. The second-order valence-electron chi connectivity index (χ2n) is 5.65. The maximum atomic E-state index is 3.49. The predicted molar refractivity (Wildman–Crippen MR) is 66.2 cm³/mol. The maximum absolute atomic E-state index is 3.49. The molecule has 0 radical (unpaired) electrons. The third-order valence-corrected chi connectivity index (χ3v) is 3.71. The SMILES string of the molecule is CC(C)(C)C1C[C@H]2CNCCN2C1.S. The van der Waals surface area contributed by atoms with Crippen molar-refractivity contribution in [1.29, 1.82) is 0 Å². The van der Waals surface area contributed by atoms with Crippen LogP contribution in [0.3, 0.4) is 0 Å². The number of hydrogen-bond acceptors (Lipinski definition) is 2. The van der Waals surface area contributed by atoms with Gasteiger partial charge in [-0.3, -0.25) is 4.90 Å². The van der Waals surface area contributed by atoms with Crippen LogP contribution in [0.15, 0.2) is 0 Å². The van der Waals surface area contributed by atoms with E-state index >= 15 is 0 Å². The lowest BCUT2D eigenvalue weighted by Gasteiger charge is -2.29. The molecular weight excluding hydrogens is 192 g/mol. The summed E-state index contributed by atoms with van der Waals surface area (Å²) in [6, 6.07) is 0.831. The number of rotatable bonds is 0. The average Bonchev–Trinajstić information content (AvgIpc) is 2.45. The van der Waals surface area contributed by atoms with Gasteiger partial charge in [0.1, 0.15) is 0 Å². The van der Waals surface area contributed by atoms with Crippen LogP contribution in [-0.2, 0) is 0 Å². The van der Waals surface area contributed by atoms with Crippen LogP contribution in [0.5, 0.6) is 0 Å². The molecule has 2 fully saturated rings. The average molecular weight is 216 g/mol. The number of hydrogen-bond donors (Lipinski definition) is 1. The summed E-state index contributed by atoms with van der Waals surface area (Å²) in [7, 11) is 0. The minimum absolute atomic E-state index is 0. The molecule has 0 bridgehead atoms. The van der Waals surface area contributed by atoms with Gasteiger partial charge in [-0.25, -0.2) is 0 Å². The van der Waals surface area contributed by atoms with Crippen molar-refractivity contribution in [2.24, 2.45) is 11.3 Å². The molecule has 0 aliphatic carbocycles. The molecule has 2 atom stereocenters. The second-order valence-corrected chi connectivity index (χ2v) is 5.65. The van der Waals surface area contributed by atoms with Gasteiger partial charge in [0.05, 0.1) is 0 Å². The van der Waals surface area contributed by atoms with Gasteiger partial charge in [0.15, 0.2) is 0 Å². The predicted octanol–water partition coefficient (Wildman–Crippen LogP) is 1.44.